The standard InChI is InChI=1S/C21H20F3N5O4/c1-12-8-25-18-16(9-26-29(18)10-12)19(31)27-14-5-6-28(11-14)20(32)17(30)13-3-2-4-15(7-13)33-21(22,23)24/h2-4,7-10,14,17,30H,5-6,11H2,1H3,(H,27,31)/t14-,17?/m1/s1. The van der Waals surface area contributed by atoms with Crippen LogP contribution in [0.2, 0.25) is 0 Å². The molecular weight excluding hydrogens is 443 g/mol. The van der Waals surface area contributed by atoms with Crippen LogP contribution in [-0.4, -0.2) is 61.9 Å². The van der Waals surface area contributed by atoms with E-state index in [1.165, 1.54) is 27.7 Å². The second-order valence-corrected chi connectivity index (χ2v) is 7.72. The quantitative estimate of drug-likeness (QED) is 0.599. The maximum absolute atomic E-state index is 12.7. The molecule has 1 aromatic carbocycles. The third-order valence-corrected chi connectivity index (χ3v) is 5.21. The summed E-state index contributed by atoms with van der Waals surface area (Å²) in [6.07, 6.45) is -1.32. The Kier molecular flexibility index (Phi) is 5.93. The number of hydrogen-bond acceptors (Lipinski definition) is 6. The molecule has 0 aliphatic carbocycles. The van der Waals surface area contributed by atoms with Crippen molar-refractivity contribution in [1.82, 2.24) is 24.8 Å². The van der Waals surface area contributed by atoms with Gasteiger partial charge in [0, 0.05) is 31.5 Å². The molecule has 1 unspecified atom stereocenters. The Morgan fingerprint density at radius 1 is 1.30 bits per heavy atom. The van der Waals surface area contributed by atoms with Crippen molar-refractivity contribution in [2.75, 3.05) is 13.1 Å². The molecule has 1 aliphatic rings. The second kappa shape index (κ2) is 8.70. The number of hydrogen-bond donors (Lipinski definition) is 2. The Balaban J connectivity index is 1.38. The van der Waals surface area contributed by atoms with Gasteiger partial charge >= 0.3 is 6.36 Å². The number of aliphatic hydroxyl groups excluding tert-OH is 1. The van der Waals surface area contributed by atoms with E-state index in [0.29, 0.717) is 17.6 Å². The normalized spacial score (nSPS) is 17.2. The zero-order chi connectivity index (χ0) is 23.8. The molecule has 2 N–H and O–H groups in total. The summed E-state index contributed by atoms with van der Waals surface area (Å²) in [7, 11) is 0. The summed E-state index contributed by atoms with van der Waals surface area (Å²) < 4.78 is 42.6. The van der Waals surface area contributed by atoms with Crippen molar-refractivity contribution >= 4 is 17.5 Å². The van der Waals surface area contributed by atoms with Gasteiger partial charge in [-0.2, -0.15) is 5.10 Å². The average molecular weight is 463 g/mol. The molecule has 9 nitrogen and oxygen atoms in total. The number of fused-ring (bicyclic) bond motifs is 1. The highest BCUT2D eigenvalue weighted by atomic mass is 19.4. The van der Waals surface area contributed by atoms with Crippen LogP contribution in [0.3, 0.4) is 0 Å². The predicted molar refractivity (Wildman–Crippen MR) is 108 cm³/mol. The van der Waals surface area contributed by atoms with Gasteiger partial charge in [0.05, 0.1) is 6.20 Å². The average Bonchev–Trinajstić information content (AvgIpc) is 3.38. The molecule has 33 heavy (non-hydrogen) atoms. The maximum atomic E-state index is 12.7. The van der Waals surface area contributed by atoms with Gasteiger partial charge in [0.15, 0.2) is 11.8 Å². The van der Waals surface area contributed by atoms with E-state index in [1.54, 1.807) is 12.4 Å². The molecule has 2 atom stereocenters. The first-order valence-corrected chi connectivity index (χ1v) is 10.0. The van der Waals surface area contributed by atoms with Gasteiger partial charge in [-0.25, -0.2) is 9.50 Å². The smallest absolute Gasteiger partial charge is 0.406 e. The number of aromatic nitrogens is 3. The van der Waals surface area contributed by atoms with Crippen LogP contribution in [0.1, 0.15) is 34.0 Å². The number of carbonyl (C=O) groups is 2. The fourth-order valence-corrected chi connectivity index (χ4v) is 3.67. The minimum atomic E-state index is -4.89. The number of aliphatic hydroxyl groups is 1. The zero-order valence-corrected chi connectivity index (χ0v) is 17.4. The van der Waals surface area contributed by atoms with Crippen molar-refractivity contribution in [2.24, 2.45) is 0 Å². The lowest BCUT2D eigenvalue weighted by atomic mass is 10.1. The number of likely N-dealkylation sites (tertiary alicyclic amines) is 1. The van der Waals surface area contributed by atoms with Crippen LogP contribution in [-0.2, 0) is 4.79 Å². The Bertz CT molecular complexity index is 1200. The van der Waals surface area contributed by atoms with Crippen molar-refractivity contribution in [3.63, 3.8) is 0 Å². The summed E-state index contributed by atoms with van der Waals surface area (Å²) in [5.74, 6) is -1.60. The predicted octanol–water partition coefficient (Wildman–Crippen LogP) is 2.00. The molecule has 0 bridgehead atoms. The Morgan fingerprint density at radius 3 is 2.85 bits per heavy atom. The molecule has 3 aromatic rings. The molecule has 1 aliphatic heterocycles. The van der Waals surface area contributed by atoms with Gasteiger partial charge in [-0.15, -0.1) is 13.2 Å². The molecule has 4 rings (SSSR count). The van der Waals surface area contributed by atoms with Crippen LogP contribution >= 0.6 is 0 Å². The molecule has 0 radical (unpaired) electrons. The van der Waals surface area contributed by atoms with E-state index >= 15 is 0 Å². The van der Waals surface area contributed by atoms with Gasteiger partial charge in [-0.1, -0.05) is 12.1 Å². The third kappa shape index (κ3) is 5.06. The fraction of sp³-hybridized carbons (Fsp3) is 0.333. The number of benzene rings is 1. The van der Waals surface area contributed by atoms with E-state index < -0.39 is 30.0 Å². The summed E-state index contributed by atoms with van der Waals surface area (Å²) in [4.78, 5) is 30.9. The molecular formula is C21H20F3N5O4. The van der Waals surface area contributed by atoms with Gasteiger partial charge in [0.2, 0.25) is 0 Å². The SMILES string of the molecule is Cc1cnc2c(C(=O)N[C@@H]3CCN(C(=O)C(O)c4cccc(OC(F)(F)F)c4)C3)cnn2c1. The molecule has 1 fully saturated rings. The van der Waals surface area contributed by atoms with E-state index in [1.807, 2.05) is 6.92 Å². The van der Waals surface area contributed by atoms with Gasteiger partial charge in [-0.3, -0.25) is 9.59 Å². The van der Waals surface area contributed by atoms with Gasteiger partial charge in [0.1, 0.15) is 11.3 Å². The number of halogens is 3. The van der Waals surface area contributed by atoms with Gasteiger partial charge in [-0.05, 0) is 36.6 Å². The topological polar surface area (TPSA) is 109 Å². The number of rotatable bonds is 5. The number of ether oxygens (including phenoxy) is 1. The maximum Gasteiger partial charge on any atom is 0.573 e. The van der Waals surface area contributed by atoms with Crippen LogP contribution in [0.15, 0.2) is 42.9 Å². The molecule has 174 valence electrons. The monoisotopic (exact) mass is 463 g/mol. The van der Waals surface area contributed by atoms with Crippen molar-refractivity contribution in [3.8, 4) is 5.75 Å². The molecule has 2 aromatic heterocycles. The minimum Gasteiger partial charge on any atom is -0.406 e. The number of amides is 2. The number of nitrogens with one attached hydrogen (secondary N) is 1. The first-order chi connectivity index (χ1) is 15.6. The second-order valence-electron chi connectivity index (χ2n) is 7.72. The van der Waals surface area contributed by atoms with Crippen molar-refractivity contribution in [3.05, 3.63) is 59.5 Å². The van der Waals surface area contributed by atoms with E-state index in [-0.39, 0.29) is 24.7 Å². The lowest BCUT2D eigenvalue weighted by Crippen LogP contribution is -2.39. The van der Waals surface area contributed by atoms with Crippen LogP contribution < -0.4 is 10.1 Å². The summed E-state index contributed by atoms with van der Waals surface area (Å²) in [6, 6.07) is 4.26. The Labute approximate surface area is 185 Å². The Morgan fingerprint density at radius 2 is 2.09 bits per heavy atom. The Hall–Kier alpha value is -3.67. The first kappa shape index (κ1) is 22.5. The van der Waals surface area contributed by atoms with Crippen LogP contribution in [0.4, 0.5) is 13.2 Å². The third-order valence-electron chi connectivity index (χ3n) is 5.21. The highest BCUT2D eigenvalue weighted by molar-refractivity contribution is 5.99. The summed E-state index contributed by atoms with van der Waals surface area (Å²) >= 11 is 0. The molecule has 0 spiro atoms. The zero-order valence-electron chi connectivity index (χ0n) is 17.4. The highest BCUT2D eigenvalue weighted by Crippen LogP contribution is 2.27. The van der Waals surface area contributed by atoms with Crippen molar-refractivity contribution in [2.45, 2.75) is 31.9 Å². The molecule has 2 amide bonds. The minimum absolute atomic E-state index is 0.0260. The largest absolute Gasteiger partial charge is 0.573 e. The number of aryl methyl sites for hydroxylation is 1. The molecule has 1 saturated heterocycles. The molecule has 0 saturated carbocycles. The van der Waals surface area contributed by atoms with E-state index in [2.05, 4.69) is 20.1 Å². The van der Waals surface area contributed by atoms with Crippen LogP contribution in [0.25, 0.3) is 5.65 Å². The highest BCUT2D eigenvalue weighted by Gasteiger charge is 2.34. The number of alkyl halides is 3. The number of nitrogens with zero attached hydrogens (tertiary/aromatic N) is 4. The first-order valence-electron chi connectivity index (χ1n) is 10.0. The van der Waals surface area contributed by atoms with E-state index in [0.717, 1.165) is 17.7 Å². The van der Waals surface area contributed by atoms with E-state index in [4.69, 9.17) is 0 Å². The summed E-state index contributed by atoms with van der Waals surface area (Å²) in [5, 5.41) is 17.3. The van der Waals surface area contributed by atoms with Crippen LogP contribution in [0, 0.1) is 6.92 Å². The van der Waals surface area contributed by atoms with Gasteiger partial charge in [0.25, 0.3) is 11.8 Å². The fourth-order valence-electron chi connectivity index (χ4n) is 3.67. The lowest BCUT2D eigenvalue weighted by Gasteiger charge is -2.21. The van der Waals surface area contributed by atoms with Gasteiger partial charge < -0.3 is 20.1 Å². The molecule has 3 heterocycles. The molecule has 12 heteroatoms. The summed E-state index contributed by atoms with van der Waals surface area (Å²) in [5.41, 5.74) is 1.56. The van der Waals surface area contributed by atoms with Crippen molar-refractivity contribution in [1.29, 1.82) is 0 Å². The number of carbonyl (C=O) groups excluding carboxylic acids is 2. The lowest BCUT2D eigenvalue weighted by molar-refractivity contribution is -0.274. The van der Waals surface area contributed by atoms with Crippen molar-refractivity contribution < 1.29 is 32.6 Å². The summed E-state index contributed by atoms with van der Waals surface area (Å²) in [6.45, 7) is 2.27. The van der Waals surface area contributed by atoms with Crippen LogP contribution in [0.5, 0.6) is 5.75 Å². The van der Waals surface area contributed by atoms with E-state index in [9.17, 15) is 27.9 Å².